The van der Waals surface area contributed by atoms with Crippen LogP contribution >= 0.6 is 31.9 Å². The number of carbonyl (C=O) groups excluding carboxylic acids is 1. The van der Waals surface area contributed by atoms with Gasteiger partial charge in [0, 0.05) is 20.1 Å². The molecule has 0 saturated carbocycles. The highest BCUT2D eigenvalue weighted by atomic mass is 79.9. The number of ketones is 1. The van der Waals surface area contributed by atoms with Gasteiger partial charge >= 0.3 is 0 Å². The summed E-state index contributed by atoms with van der Waals surface area (Å²) in [4.78, 5) is 13.5. The lowest BCUT2D eigenvalue weighted by atomic mass is 9.85. The van der Waals surface area contributed by atoms with Crippen molar-refractivity contribution in [3.05, 3.63) is 104 Å². The number of benzene rings is 3. The summed E-state index contributed by atoms with van der Waals surface area (Å²) in [5, 5.41) is 0. The molecule has 0 atom stereocenters. The number of rotatable bonds is 4. The maximum Gasteiger partial charge on any atom is 0.194 e. The highest BCUT2D eigenvalue weighted by Gasteiger charge is 2.19. The standard InChI is InChI=1S/C25H22Br2O/c1-25(2,3)19-14-12-17(13-15-19)21(16-18-8-4-6-10-22(18)26)24(28)20-9-5-7-11-23(20)27/h4-16H,1-3H3/b21-16+. The van der Waals surface area contributed by atoms with Gasteiger partial charge in [-0.25, -0.2) is 0 Å². The molecule has 1 nitrogen and oxygen atoms in total. The first-order chi connectivity index (χ1) is 13.3. The van der Waals surface area contributed by atoms with Gasteiger partial charge < -0.3 is 0 Å². The quantitative estimate of drug-likeness (QED) is 0.203. The van der Waals surface area contributed by atoms with Crippen LogP contribution in [0.3, 0.4) is 0 Å². The number of halogens is 2. The van der Waals surface area contributed by atoms with E-state index < -0.39 is 0 Å². The van der Waals surface area contributed by atoms with Gasteiger partial charge in [-0.05, 0) is 46.4 Å². The fourth-order valence-electron chi connectivity index (χ4n) is 2.97. The van der Waals surface area contributed by atoms with Crippen LogP contribution in [0.15, 0.2) is 81.7 Å². The molecule has 0 heterocycles. The number of hydrogen-bond donors (Lipinski definition) is 0. The van der Waals surface area contributed by atoms with E-state index in [1.165, 1.54) is 5.56 Å². The van der Waals surface area contributed by atoms with Crippen molar-refractivity contribution >= 4 is 49.3 Å². The highest BCUT2D eigenvalue weighted by Crippen LogP contribution is 2.30. The monoisotopic (exact) mass is 496 g/mol. The SMILES string of the molecule is CC(C)(C)c1ccc(/C(=C\c2ccccc2Br)C(=O)c2ccccc2Br)cc1. The van der Waals surface area contributed by atoms with Crippen LogP contribution in [0.2, 0.25) is 0 Å². The molecule has 28 heavy (non-hydrogen) atoms. The molecular formula is C25H22Br2O. The molecule has 3 aromatic rings. The Balaban J connectivity index is 2.14. The van der Waals surface area contributed by atoms with Crippen molar-refractivity contribution in [2.75, 3.05) is 0 Å². The Morgan fingerprint density at radius 1 is 0.786 bits per heavy atom. The third kappa shape index (κ3) is 4.71. The Kier molecular flexibility index (Phi) is 6.36. The number of carbonyl (C=O) groups is 1. The molecular weight excluding hydrogens is 476 g/mol. The van der Waals surface area contributed by atoms with Crippen LogP contribution in [-0.2, 0) is 5.41 Å². The Bertz CT molecular complexity index is 1020. The molecule has 0 unspecified atom stereocenters. The van der Waals surface area contributed by atoms with Gasteiger partial charge in [0.2, 0.25) is 0 Å². The predicted molar refractivity (Wildman–Crippen MR) is 126 cm³/mol. The van der Waals surface area contributed by atoms with Crippen LogP contribution in [0.5, 0.6) is 0 Å². The molecule has 0 N–H and O–H groups in total. The second-order valence-corrected chi connectivity index (χ2v) is 9.42. The van der Waals surface area contributed by atoms with E-state index in [1.807, 2.05) is 66.7 Å². The van der Waals surface area contributed by atoms with E-state index in [9.17, 15) is 4.79 Å². The lowest BCUT2D eigenvalue weighted by Gasteiger charge is -2.19. The van der Waals surface area contributed by atoms with E-state index in [4.69, 9.17) is 0 Å². The van der Waals surface area contributed by atoms with Crippen LogP contribution < -0.4 is 0 Å². The van der Waals surface area contributed by atoms with E-state index in [2.05, 4.69) is 64.8 Å². The highest BCUT2D eigenvalue weighted by molar-refractivity contribution is 9.10. The summed E-state index contributed by atoms with van der Waals surface area (Å²) in [7, 11) is 0. The zero-order chi connectivity index (χ0) is 20.3. The zero-order valence-corrected chi connectivity index (χ0v) is 19.3. The average molecular weight is 498 g/mol. The fourth-order valence-corrected chi connectivity index (χ4v) is 3.83. The molecule has 0 saturated heterocycles. The van der Waals surface area contributed by atoms with Crippen LogP contribution in [0.25, 0.3) is 11.6 Å². The maximum absolute atomic E-state index is 13.5. The zero-order valence-electron chi connectivity index (χ0n) is 16.2. The van der Waals surface area contributed by atoms with Gasteiger partial charge in [0.15, 0.2) is 5.78 Å². The van der Waals surface area contributed by atoms with Gasteiger partial charge in [-0.3, -0.25) is 4.79 Å². The van der Waals surface area contributed by atoms with Crippen LogP contribution in [0.4, 0.5) is 0 Å². The summed E-state index contributed by atoms with van der Waals surface area (Å²) < 4.78 is 1.75. The van der Waals surface area contributed by atoms with Gasteiger partial charge in [-0.15, -0.1) is 0 Å². The normalized spacial score (nSPS) is 12.1. The number of Topliss-reactive ketones (excluding diaryl/α,β-unsaturated/α-hetero) is 1. The van der Waals surface area contributed by atoms with Crippen molar-refractivity contribution in [3.8, 4) is 0 Å². The first-order valence-corrected chi connectivity index (χ1v) is 10.7. The minimum atomic E-state index is -0.00765. The minimum absolute atomic E-state index is 0.00765. The van der Waals surface area contributed by atoms with Crippen molar-refractivity contribution in [1.82, 2.24) is 0 Å². The molecule has 3 aromatic carbocycles. The molecule has 0 bridgehead atoms. The predicted octanol–water partition coefficient (Wildman–Crippen LogP) is 7.93. The van der Waals surface area contributed by atoms with Crippen molar-refractivity contribution < 1.29 is 4.79 Å². The molecule has 0 amide bonds. The molecule has 0 fully saturated rings. The maximum atomic E-state index is 13.5. The summed E-state index contributed by atoms with van der Waals surface area (Å²) in [6, 6.07) is 23.8. The van der Waals surface area contributed by atoms with E-state index in [-0.39, 0.29) is 11.2 Å². The van der Waals surface area contributed by atoms with E-state index in [0.717, 1.165) is 20.1 Å². The third-order valence-electron chi connectivity index (χ3n) is 4.63. The third-order valence-corrected chi connectivity index (χ3v) is 6.04. The molecule has 0 radical (unpaired) electrons. The summed E-state index contributed by atoms with van der Waals surface area (Å²) in [6.07, 6.45) is 1.96. The molecule has 0 aliphatic carbocycles. The minimum Gasteiger partial charge on any atom is -0.289 e. The van der Waals surface area contributed by atoms with E-state index in [0.29, 0.717) is 11.1 Å². The van der Waals surface area contributed by atoms with Crippen molar-refractivity contribution in [1.29, 1.82) is 0 Å². The first-order valence-electron chi connectivity index (χ1n) is 9.14. The Labute approximate surface area is 183 Å². The number of hydrogen-bond acceptors (Lipinski definition) is 1. The van der Waals surface area contributed by atoms with Crippen molar-refractivity contribution in [2.45, 2.75) is 26.2 Å². The van der Waals surface area contributed by atoms with Gasteiger partial charge in [0.25, 0.3) is 0 Å². The second kappa shape index (κ2) is 8.59. The van der Waals surface area contributed by atoms with Gasteiger partial charge in [-0.1, -0.05) is 107 Å². The molecule has 0 aliphatic rings. The molecule has 0 aliphatic heterocycles. The second-order valence-electron chi connectivity index (χ2n) is 7.72. The Morgan fingerprint density at radius 2 is 1.36 bits per heavy atom. The van der Waals surface area contributed by atoms with Crippen LogP contribution in [-0.4, -0.2) is 5.78 Å². The lowest BCUT2D eigenvalue weighted by Crippen LogP contribution is -2.11. The average Bonchev–Trinajstić information content (AvgIpc) is 2.67. The molecule has 142 valence electrons. The molecule has 0 aromatic heterocycles. The summed E-state index contributed by atoms with van der Waals surface area (Å²) >= 11 is 7.11. The van der Waals surface area contributed by atoms with E-state index >= 15 is 0 Å². The largest absolute Gasteiger partial charge is 0.289 e. The molecule has 3 heteroatoms. The van der Waals surface area contributed by atoms with Gasteiger partial charge in [0.05, 0.1) is 0 Å². The Hall–Kier alpha value is -1.97. The smallest absolute Gasteiger partial charge is 0.194 e. The van der Waals surface area contributed by atoms with Crippen LogP contribution in [0.1, 0.15) is 47.8 Å². The summed E-state index contributed by atoms with van der Waals surface area (Å²) in [6.45, 7) is 6.56. The number of allylic oxidation sites excluding steroid dienone is 1. The van der Waals surface area contributed by atoms with Crippen molar-refractivity contribution in [3.63, 3.8) is 0 Å². The molecule has 3 rings (SSSR count). The molecule has 0 spiro atoms. The Morgan fingerprint density at radius 3 is 1.93 bits per heavy atom. The summed E-state index contributed by atoms with van der Waals surface area (Å²) in [5.41, 5.74) is 4.50. The fraction of sp³-hybridized carbons (Fsp3) is 0.160. The van der Waals surface area contributed by atoms with Gasteiger partial charge in [0.1, 0.15) is 0 Å². The van der Waals surface area contributed by atoms with Crippen molar-refractivity contribution in [2.24, 2.45) is 0 Å². The first kappa shape index (κ1) is 20.8. The lowest BCUT2D eigenvalue weighted by molar-refractivity contribution is 0.105. The topological polar surface area (TPSA) is 17.1 Å². The van der Waals surface area contributed by atoms with Gasteiger partial charge in [-0.2, -0.15) is 0 Å². The van der Waals surface area contributed by atoms with Crippen LogP contribution in [0, 0.1) is 0 Å². The van der Waals surface area contributed by atoms with E-state index in [1.54, 1.807) is 0 Å². The summed E-state index contributed by atoms with van der Waals surface area (Å²) in [5.74, 6) is -0.00765.